The van der Waals surface area contributed by atoms with Crippen molar-refractivity contribution in [1.29, 1.82) is 0 Å². The minimum atomic E-state index is -0.900. The number of hydrogen-bond acceptors (Lipinski definition) is 3. The van der Waals surface area contributed by atoms with Crippen LogP contribution in [-0.4, -0.2) is 54.4 Å². The normalized spacial score (nSPS) is 27.7. The lowest BCUT2D eigenvalue weighted by atomic mass is 10.0. The number of rotatable bonds is 3. The fraction of sp³-hybridized carbons (Fsp3) is 0.857. The summed E-state index contributed by atoms with van der Waals surface area (Å²) in [6.45, 7) is 2.59. The molecule has 2 rings (SSSR count). The van der Waals surface area contributed by atoms with Gasteiger partial charge in [-0.15, -0.1) is 0 Å². The molecule has 6 heteroatoms. The molecule has 0 aromatic heterocycles. The van der Waals surface area contributed by atoms with Crippen molar-refractivity contribution in [3.05, 3.63) is 0 Å². The van der Waals surface area contributed by atoms with Gasteiger partial charge in [0, 0.05) is 19.7 Å². The topological polar surface area (TPSA) is 78.9 Å². The van der Waals surface area contributed by atoms with Crippen LogP contribution in [0, 0.1) is 5.92 Å². The van der Waals surface area contributed by atoms with Crippen molar-refractivity contribution in [2.24, 2.45) is 5.92 Å². The minimum absolute atomic E-state index is 0.245. The molecule has 2 heterocycles. The highest BCUT2D eigenvalue weighted by Crippen LogP contribution is 2.18. The van der Waals surface area contributed by atoms with Gasteiger partial charge in [0.15, 0.2) is 0 Å². The van der Waals surface area contributed by atoms with E-state index in [2.05, 4.69) is 5.32 Å². The molecule has 0 spiro atoms. The van der Waals surface area contributed by atoms with E-state index in [0.29, 0.717) is 32.0 Å². The summed E-state index contributed by atoms with van der Waals surface area (Å²) in [4.78, 5) is 25.0. The van der Waals surface area contributed by atoms with E-state index < -0.39 is 12.0 Å². The van der Waals surface area contributed by atoms with E-state index in [1.165, 1.54) is 4.90 Å². The fourth-order valence-electron chi connectivity index (χ4n) is 2.91. The highest BCUT2D eigenvalue weighted by Gasteiger charge is 2.30. The smallest absolute Gasteiger partial charge is 0.326 e. The van der Waals surface area contributed by atoms with Crippen molar-refractivity contribution < 1.29 is 19.4 Å². The first-order chi connectivity index (χ1) is 9.68. The number of hydrogen-bond donors (Lipinski definition) is 2. The Bertz CT molecular complexity index is 342. The molecule has 20 heavy (non-hydrogen) atoms. The minimum Gasteiger partial charge on any atom is -0.480 e. The number of carboxylic acids is 1. The lowest BCUT2D eigenvalue weighted by Crippen LogP contribution is -2.50. The van der Waals surface area contributed by atoms with Crippen molar-refractivity contribution in [2.45, 2.75) is 44.6 Å². The highest BCUT2D eigenvalue weighted by molar-refractivity contribution is 5.82. The van der Waals surface area contributed by atoms with Gasteiger partial charge in [0.2, 0.25) is 0 Å². The molecule has 6 nitrogen and oxygen atoms in total. The Kier molecular flexibility index (Phi) is 5.64. The molecule has 2 aliphatic heterocycles. The number of nitrogens with one attached hydrogen (secondary N) is 1. The zero-order chi connectivity index (χ0) is 14.4. The Morgan fingerprint density at radius 2 is 2.05 bits per heavy atom. The van der Waals surface area contributed by atoms with Crippen molar-refractivity contribution >= 4 is 12.0 Å². The van der Waals surface area contributed by atoms with Crippen LogP contribution >= 0.6 is 0 Å². The Hall–Kier alpha value is -1.30. The summed E-state index contributed by atoms with van der Waals surface area (Å²) >= 11 is 0. The van der Waals surface area contributed by atoms with Crippen molar-refractivity contribution in [3.63, 3.8) is 0 Å². The molecule has 2 aliphatic rings. The SMILES string of the molecule is O=C(O)C1CCCCCN1C(=O)NCC1CCCOC1. The van der Waals surface area contributed by atoms with Crippen LogP contribution in [0.3, 0.4) is 0 Å². The Morgan fingerprint density at radius 1 is 1.20 bits per heavy atom. The summed E-state index contributed by atoms with van der Waals surface area (Å²) < 4.78 is 5.38. The van der Waals surface area contributed by atoms with E-state index in [0.717, 1.165) is 38.7 Å². The van der Waals surface area contributed by atoms with Gasteiger partial charge in [0.1, 0.15) is 6.04 Å². The Morgan fingerprint density at radius 3 is 2.75 bits per heavy atom. The van der Waals surface area contributed by atoms with E-state index in [4.69, 9.17) is 4.74 Å². The number of urea groups is 1. The summed E-state index contributed by atoms with van der Waals surface area (Å²) in [6.07, 6.45) is 5.38. The zero-order valence-corrected chi connectivity index (χ0v) is 11.8. The maximum atomic E-state index is 12.2. The zero-order valence-electron chi connectivity index (χ0n) is 11.8. The maximum absolute atomic E-state index is 12.2. The number of nitrogens with zero attached hydrogens (tertiary/aromatic N) is 1. The highest BCUT2D eigenvalue weighted by atomic mass is 16.5. The average Bonchev–Trinajstić information content (AvgIpc) is 2.71. The van der Waals surface area contributed by atoms with Gasteiger partial charge in [-0.05, 0) is 31.6 Å². The summed E-state index contributed by atoms with van der Waals surface area (Å²) in [5.74, 6) is -0.550. The average molecular weight is 284 g/mol. The predicted octanol–water partition coefficient (Wildman–Crippen LogP) is 1.45. The van der Waals surface area contributed by atoms with E-state index in [-0.39, 0.29) is 6.03 Å². The van der Waals surface area contributed by atoms with Crippen LogP contribution in [0.1, 0.15) is 38.5 Å². The van der Waals surface area contributed by atoms with Crippen LogP contribution in [0.5, 0.6) is 0 Å². The summed E-state index contributed by atoms with van der Waals surface area (Å²) in [6, 6.07) is -0.926. The van der Waals surface area contributed by atoms with Gasteiger partial charge in [-0.1, -0.05) is 12.8 Å². The molecule has 0 aliphatic carbocycles. The van der Waals surface area contributed by atoms with Gasteiger partial charge in [-0.3, -0.25) is 0 Å². The number of carbonyl (C=O) groups is 2. The van der Waals surface area contributed by atoms with Gasteiger partial charge in [-0.2, -0.15) is 0 Å². The number of ether oxygens (including phenoxy) is 1. The van der Waals surface area contributed by atoms with Gasteiger partial charge in [-0.25, -0.2) is 9.59 Å². The molecule has 0 aromatic carbocycles. The molecule has 2 amide bonds. The third-order valence-electron chi connectivity index (χ3n) is 4.10. The van der Waals surface area contributed by atoms with Crippen LogP contribution in [0.15, 0.2) is 0 Å². The van der Waals surface area contributed by atoms with Crippen LogP contribution in [-0.2, 0) is 9.53 Å². The standard InChI is InChI=1S/C14H24N2O4/c17-13(18)12-6-2-1-3-7-16(12)14(19)15-9-11-5-4-8-20-10-11/h11-12H,1-10H2,(H,15,19)(H,17,18). The second-order valence-corrected chi connectivity index (χ2v) is 5.67. The maximum Gasteiger partial charge on any atom is 0.326 e. The first-order valence-electron chi connectivity index (χ1n) is 7.53. The molecule has 2 saturated heterocycles. The molecular formula is C14H24N2O4. The first-order valence-corrected chi connectivity index (χ1v) is 7.53. The van der Waals surface area contributed by atoms with Gasteiger partial charge in [0.05, 0.1) is 6.61 Å². The van der Waals surface area contributed by atoms with Crippen molar-refractivity contribution in [1.82, 2.24) is 10.2 Å². The molecule has 114 valence electrons. The summed E-state index contributed by atoms with van der Waals surface area (Å²) in [5.41, 5.74) is 0. The van der Waals surface area contributed by atoms with Crippen molar-refractivity contribution in [2.75, 3.05) is 26.3 Å². The van der Waals surface area contributed by atoms with E-state index in [1.807, 2.05) is 0 Å². The molecular weight excluding hydrogens is 260 g/mol. The second kappa shape index (κ2) is 7.47. The molecule has 2 N–H and O–H groups in total. The van der Waals surface area contributed by atoms with E-state index in [9.17, 15) is 14.7 Å². The molecule has 0 saturated carbocycles. The summed E-state index contributed by atoms with van der Waals surface area (Å²) in [7, 11) is 0. The number of likely N-dealkylation sites (tertiary alicyclic amines) is 1. The molecule has 2 fully saturated rings. The molecule has 2 unspecified atom stereocenters. The van der Waals surface area contributed by atoms with Crippen LogP contribution in [0.4, 0.5) is 4.79 Å². The van der Waals surface area contributed by atoms with Crippen molar-refractivity contribution in [3.8, 4) is 0 Å². The first kappa shape index (κ1) is 15.1. The number of aliphatic carboxylic acids is 1. The van der Waals surface area contributed by atoms with E-state index in [1.54, 1.807) is 0 Å². The second-order valence-electron chi connectivity index (χ2n) is 5.67. The molecule has 0 radical (unpaired) electrons. The molecule has 0 aromatic rings. The van der Waals surface area contributed by atoms with Crippen LogP contribution in [0.2, 0.25) is 0 Å². The summed E-state index contributed by atoms with van der Waals surface area (Å²) in [5, 5.41) is 12.1. The van der Waals surface area contributed by atoms with Crippen LogP contribution < -0.4 is 5.32 Å². The Labute approximate surface area is 119 Å². The van der Waals surface area contributed by atoms with Gasteiger partial charge >= 0.3 is 12.0 Å². The monoisotopic (exact) mass is 284 g/mol. The largest absolute Gasteiger partial charge is 0.480 e. The number of carbonyl (C=O) groups excluding carboxylic acids is 1. The fourth-order valence-corrected chi connectivity index (χ4v) is 2.91. The van der Waals surface area contributed by atoms with E-state index >= 15 is 0 Å². The quantitative estimate of drug-likeness (QED) is 0.822. The van der Waals surface area contributed by atoms with Gasteiger partial charge < -0.3 is 20.1 Å². The lowest BCUT2D eigenvalue weighted by Gasteiger charge is -2.29. The predicted molar refractivity (Wildman–Crippen MR) is 73.5 cm³/mol. The lowest BCUT2D eigenvalue weighted by molar-refractivity contribution is -0.142. The van der Waals surface area contributed by atoms with Gasteiger partial charge in [0.25, 0.3) is 0 Å². The van der Waals surface area contributed by atoms with Crippen LogP contribution in [0.25, 0.3) is 0 Å². The third-order valence-corrected chi connectivity index (χ3v) is 4.10. The number of amides is 2. The molecule has 0 bridgehead atoms. The Balaban J connectivity index is 1.86. The number of carboxylic acid groups (broad SMARTS) is 1. The molecule has 2 atom stereocenters. The third kappa shape index (κ3) is 4.10.